The van der Waals surface area contributed by atoms with Crippen molar-refractivity contribution in [2.24, 2.45) is 0 Å². The molecule has 0 unspecified atom stereocenters. The van der Waals surface area contributed by atoms with Gasteiger partial charge in [0.05, 0.1) is 11.3 Å². The fourth-order valence-electron chi connectivity index (χ4n) is 1.87. The Kier molecular flexibility index (Phi) is 5.95. The zero-order chi connectivity index (χ0) is 16.0. The van der Waals surface area contributed by atoms with Crippen molar-refractivity contribution in [1.29, 1.82) is 0 Å². The molecule has 0 aliphatic carbocycles. The van der Waals surface area contributed by atoms with Crippen LogP contribution in [0.1, 0.15) is 18.9 Å². The Bertz CT molecular complexity index is 492. The van der Waals surface area contributed by atoms with E-state index >= 15 is 0 Å². The summed E-state index contributed by atoms with van der Waals surface area (Å²) in [5.41, 5.74) is 0.941. The minimum absolute atomic E-state index is 0.0708. The van der Waals surface area contributed by atoms with Gasteiger partial charge in [0.25, 0.3) is 5.69 Å². The number of anilines is 1. The number of halogens is 3. The summed E-state index contributed by atoms with van der Waals surface area (Å²) in [4.78, 5) is 12.0. The largest absolute Gasteiger partial charge is 0.390 e. The molecule has 0 amide bonds. The normalized spacial score (nSPS) is 11.7. The number of alkyl halides is 3. The molecule has 1 N–H and O–H groups in total. The first-order valence-corrected chi connectivity index (χ1v) is 6.49. The molecule has 0 spiro atoms. The second-order valence-electron chi connectivity index (χ2n) is 4.74. The summed E-state index contributed by atoms with van der Waals surface area (Å²) < 4.78 is 36.4. The van der Waals surface area contributed by atoms with Crippen LogP contribution in [0, 0.1) is 10.1 Å². The second kappa shape index (κ2) is 7.26. The van der Waals surface area contributed by atoms with Crippen molar-refractivity contribution in [2.75, 3.05) is 25.5 Å². The van der Waals surface area contributed by atoms with Crippen molar-refractivity contribution in [3.05, 3.63) is 33.9 Å². The van der Waals surface area contributed by atoms with Crippen molar-refractivity contribution >= 4 is 11.4 Å². The Labute approximate surface area is 120 Å². The lowest BCUT2D eigenvalue weighted by atomic mass is 10.1. The lowest BCUT2D eigenvalue weighted by Crippen LogP contribution is -2.24. The third kappa shape index (κ3) is 5.99. The van der Waals surface area contributed by atoms with Crippen molar-refractivity contribution in [2.45, 2.75) is 26.1 Å². The molecule has 0 aliphatic heterocycles. The number of nitro groups is 1. The molecule has 0 fully saturated rings. The molecule has 1 rings (SSSR count). The molecular formula is C13H18F3N3O2. The Hall–Kier alpha value is -1.83. The summed E-state index contributed by atoms with van der Waals surface area (Å²) in [7, 11) is 1.55. The lowest BCUT2D eigenvalue weighted by molar-refractivity contribution is -0.384. The van der Waals surface area contributed by atoms with Gasteiger partial charge < -0.3 is 10.2 Å². The number of nitrogens with one attached hydrogen (secondary N) is 1. The van der Waals surface area contributed by atoms with Crippen LogP contribution in [0.5, 0.6) is 0 Å². The van der Waals surface area contributed by atoms with Gasteiger partial charge in [-0.2, -0.15) is 13.2 Å². The zero-order valence-electron chi connectivity index (χ0n) is 11.9. The average molecular weight is 305 g/mol. The van der Waals surface area contributed by atoms with E-state index in [1.807, 2.05) is 6.92 Å². The topological polar surface area (TPSA) is 58.4 Å². The van der Waals surface area contributed by atoms with Gasteiger partial charge in [0, 0.05) is 25.7 Å². The van der Waals surface area contributed by atoms with Gasteiger partial charge in [-0.15, -0.1) is 0 Å². The van der Waals surface area contributed by atoms with E-state index in [2.05, 4.69) is 5.32 Å². The average Bonchev–Trinajstić information content (AvgIpc) is 2.37. The van der Waals surface area contributed by atoms with Crippen molar-refractivity contribution in [3.8, 4) is 0 Å². The Morgan fingerprint density at radius 3 is 2.57 bits per heavy atom. The first-order chi connectivity index (χ1) is 9.73. The molecule has 0 saturated carbocycles. The fourth-order valence-corrected chi connectivity index (χ4v) is 1.87. The standard InChI is InChI=1S/C13H18F3N3O2/c1-3-17-11-5-4-10(8-12(11)19(20)21)9-18(2)7-6-13(14,15)16/h4-5,8,17H,3,6-7,9H2,1-2H3. The van der Waals surface area contributed by atoms with E-state index in [0.717, 1.165) is 0 Å². The highest BCUT2D eigenvalue weighted by Gasteiger charge is 2.27. The highest BCUT2D eigenvalue weighted by Crippen LogP contribution is 2.26. The Morgan fingerprint density at radius 1 is 1.38 bits per heavy atom. The van der Waals surface area contributed by atoms with Crippen LogP contribution in [-0.4, -0.2) is 36.1 Å². The van der Waals surface area contributed by atoms with E-state index < -0.39 is 17.5 Å². The van der Waals surface area contributed by atoms with Crippen molar-refractivity contribution in [1.82, 2.24) is 4.90 Å². The van der Waals surface area contributed by atoms with Crippen LogP contribution in [0.4, 0.5) is 24.5 Å². The number of hydrogen-bond acceptors (Lipinski definition) is 4. The molecule has 0 bridgehead atoms. The van der Waals surface area contributed by atoms with E-state index in [9.17, 15) is 23.3 Å². The molecule has 21 heavy (non-hydrogen) atoms. The molecule has 8 heteroatoms. The summed E-state index contributed by atoms with van der Waals surface area (Å²) >= 11 is 0. The summed E-state index contributed by atoms with van der Waals surface area (Å²) in [5, 5.41) is 13.9. The van der Waals surface area contributed by atoms with Gasteiger partial charge in [0.1, 0.15) is 5.69 Å². The van der Waals surface area contributed by atoms with Gasteiger partial charge >= 0.3 is 6.18 Å². The van der Waals surface area contributed by atoms with Crippen molar-refractivity contribution in [3.63, 3.8) is 0 Å². The van der Waals surface area contributed by atoms with Crippen LogP contribution in [0.2, 0.25) is 0 Å². The van der Waals surface area contributed by atoms with Gasteiger partial charge in [-0.3, -0.25) is 10.1 Å². The summed E-state index contributed by atoms with van der Waals surface area (Å²) in [6.45, 7) is 2.45. The molecule has 5 nitrogen and oxygen atoms in total. The molecule has 1 aromatic rings. The van der Waals surface area contributed by atoms with E-state index in [4.69, 9.17) is 0 Å². The highest BCUT2D eigenvalue weighted by atomic mass is 19.4. The van der Waals surface area contributed by atoms with Crippen LogP contribution in [0.15, 0.2) is 18.2 Å². The SMILES string of the molecule is CCNc1ccc(CN(C)CCC(F)(F)F)cc1[N+](=O)[O-]. The van der Waals surface area contributed by atoms with Gasteiger partial charge in [0.15, 0.2) is 0 Å². The maximum atomic E-state index is 12.1. The third-order valence-corrected chi connectivity index (χ3v) is 2.86. The minimum Gasteiger partial charge on any atom is -0.380 e. The van der Waals surface area contributed by atoms with Crippen LogP contribution in [0.3, 0.4) is 0 Å². The molecule has 0 saturated heterocycles. The molecule has 0 heterocycles. The van der Waals surface area contributed by atoms with Crippen LogP contribution in [-0.2, 0) is 6.54 Å². The molecule has 118 valence electrons. The van der Waals surface area contributed by atoms with Crippen LogP contribution < -0.4 is 5.32 Å². The smallest absolute Gasteiger partial charge is 0.380 e. The molecule has 0 atom stereocenters. The maximum Gasteiger partial charge on any atom is 0.390 e. The van der Waals surface area contributed by atoms with E-state index in [1.165, 1.54) is 11.0 Å². The Balaban J connectivity index is 2.75. The molecule has 1 aromatic carbocycles. The third-order valence-electron chi connectivity index (χ3n) is 2.86. The van der Waals surface area contributed by atoms with E-state index in [1.54, 1.807) is 19.2 Å². The number of hydrogen-bond donors (Lipinski definition) is 1. The number of nitro benzene ring substituents is 1. The van der Waals surface area contributed by atoms with Crippen molar-refractivity contribution < 1.29 is 18.1 Å². The van der Waals surface area contributed by atoms with E-state index in [-0.39, 0.29) is 18.8 Å². The second-order valence-corrected chi connectivity index (χ2v) is 4.74. The van der Waals surface area contributed by atoms with Gasteiger partial charge in [-0.25, -0.2) is 0 Å². The Morgan fingerprint density at radius 2 is 2.05 bits per heavy atom. The van der Waals surface area contributed by atoms with Gasteiger partial charge in [-0.1, -0.05) is 6.07 Å². The number of nitrogens with zero attached hydrogens (tertiary/aromatic N) is 2. The number of benzene rings is 1. The fraction of sp³-hybridized carbons (Fsp3) is 0.538. The van der Waals surface area contributed by atoms with Crippen LogP contribution in [0.25, 0.3) is 0 Å². The summed E-state index contributed by atoms with van der Waals surface area (Å²) in [6, 6.07) is 4.64. The molecular weight excluding hydrogens is 287 g/mol. The van der Waals surface area contributed by atoms with Gasteiger partial charge in [-0.05, 0) is 25.6 Å². The summed E-state index contributed by atoms with van der Waals surface area (Å²) in [5.74, 6) is 0. The molecule has 0 radical (unpaired) electrons. The minimum atomic E-state index is -4.20. The summed E-state index contributed by atoms with van der Waals surface area (Å²) in [6.07, 6.45) is -5.10. The first-order valence-electron chi connectivity index (χ1n) is 6.49. The first kappa shape index (κ1) is 17.2. The highest BCUT2D eigenvalue weighted by molar-refractivity contribution is 5.62. The zero-order valence-corrected chi connectivity index (χ0v) is 11.9. The monoisotopic (exact) mass is 305 g/mol. The van der Waals surface area contributed by atoms with Crippen LogP contribution >= 0.6 is 0 Å². The predicted octanol–water partition coefficient (Wildman–Crippen LogP) is 3.41. The van der Waals surface area contributed by atoms with E-state index in [0.29, 0.717) is 17.8 Å². The molecule has 0 aliphatic rings. The number of rotatable bonds is 7. The maximum absolute atomic E-state index is 12.1. The lowest BCUT2D eigenvalue weighted by Gasteiger charge is -2.18. The van der Waals surface area contributed by atoms with Gasteiger partial charge in [0.2, 0.25) is 0 Å². The quantitative estimate of drug-likeness (QED) is 0.619. The predicted molar refractivity (Wildman–Crippen MR) is 74.3 cm³/mol. The molecule has 0 aromatic heterocycles.